The van der Waals surface area contributed by atoms with Crippen LogP contribution in [0.2, 0.25) is 0 Å². The van der Waals surface area contributed by atoms with E-state index in [1.54, 1.807) is 22.6 Å². The zero-order valence-electron chi connectivity index (χ0n) is 13.4. The monoisotopic (exact) mass is 352 g/mol. The number of aromatic nitrogens is 2. The minimum Gasteiger partial charge on any atom is -0.472 e. The number of nitrogens with one attached hydrogen (secondary N) is 1. The highest BCUT2D eigenvalue weighted by Crippen LogP contribution is 2.19. The molecule has 0 atom stereocenters. The second kappa shape index (κ2) is 6.78. The molecule has 1 saturated heterocycles. The van der Waals surface area contributed by atoms with Gasteiger partial charge in [-0.05, 0) is 24.8 Å². The number of sulfonamides is 1. The molecule has 1 fully saturated rings. The molecular weight excluding hydrogens is 332 g/mol. The average molecular weight is 352 g/mol. The van der Waals surface area contributed by atoms with Gasteiger partial charge in [-0.3, -0.25) is 4.79 Å². The van der Waals surface area contributed by atoms with Gasteiger partial charge < -0.3 is 13.9 Å². The lowest BCUT2D eigenvalue weighted by Gasteiger charge is -2.31. The van der Waals surface area contributed by atoms with Gasteiger partial charge in [-0.2, -0.15) is 0 Å². The number of piperidine rings is 1. The second-order valence-electron chi connectivity index (χ2n) is 5.98. The molecule has 130 valence electrons. The van der Waals surface area contributed by atoms with Crippen molar-refractivity contribution in [3.8, 4) is 0 Å². The predicted octanol–water partition coefficient (Wildman–Crippen LogP) is 0.844. The molecule has 0 saturated carbocycles. The number of carbonyl (C=O) groups is 1. The maximum absolute atomic E-state index is 12.2. The summed E-state index contributed by atoms with van der Waals surface area (Å²) >= 11 is 0. The maximum Gasteiger partial charge on any atom is 0.259 e. The number of nitrogens with zero attached hydrogens (tertiary/aromatic N) is 3. The number of aryl methyl sites for hydroxylation is 1. The van der Waals surface area contributed by atoms with E-state index in [9.17, 15) is 13.2 Å². The molecule has 0 unspecified atom stereocenters. The van der Waals surface area contributed by atoms with Crippen molar-refractivity contribution in [2.75, 3.05) is 19.6 Å². The Kier molecular flexibility index (Phi) is 4.72. The standard InChI is InChI=1S/C15H20N4O4S/c1-18-9-14(16-11-18)24(21,22)17-8-12-2-5-19(6-3-12)15(20)13-4-7-23-10-13/h4,7,9-12,17H,2-3,5-6,8H2,1H3. The summed E-state index contributed by atoms with van der Waals surface area (Å²) in [6.45, 7) is 1.58. The number of likely N-dealkylation sites (tertiary alicyclic amines) is 1. The van der Waals surface area contributed by atoms with Gasteiger partial charge in [-0.25, -0.2) is 18.1 Å². The molecule has 0 aromatic carbocycles. The summed E-state index contributed by atoms with van der Waals surface area (Å²) in [6, 6.07) is 1.65. The van der Waals surface area contributed by atoms with Crippen molar-refractivity contribution in [3.05, 3.63) is 36.7 Å². The van der Waals surface area contributed by atoms with Crippen LogP contribution in [0.15, 0.2) is 40.6 Å². The van der Waals surface area contributed by atoms with Crippen LogP contribution in [0.3, 0.4) is 0 Å². The highest BCUT2D eigenvalue weighted by molar-refractivity contribution is 7.89. The summed E-state index contributed by atoms with van der Waals surface area (Å²) in [5.74, 6) is 0.160. The molecule has 0 radical (unpaired) electrons. The lowest BCUT2D eigenvalue weighted by molar-refractivity contribution is 0.0691. The van der Waals surface area contributed by atoms with Crippen LogP contribution in [0, 0.1) is 5.92 Å². The Morgan fingerprint density at radius 3 is 2.75 bits per heavy atom. The molecule has 9 heteroatoms. The summed E-state index contributed by atoms with van der Waals surface area (Å²) in [5, 5.41) is 0.0255. The summed E-state index contributed by atoms with van der Waals surface area (Å²) in [7, 11) is -1.86. The van der Waals surface area contributed by atoms with Gasteiger partial charge in [-0.1, -0.05) is 0 Å². The Balaban J connectivity index is 1.50. The van der Waals surface area contributed by atoms with Crippen molar-refractivity contribution in [1.82, 2.24) is 19.2 Å². The highest BCUT2D eigenvalue weighted by atomic mass is 32.2. The first kappa shape index (κ1) is 16.7. The van der Waals surface area contributed by atoms with E-state index < -0.39 is 10.0 Å². The predicted molar refractivity (Wildman–Crippen MR) is 85.7 cm³/mol. The van der Waals surface area contributed by atoms with Crippen molar-refractivity contribution >= 4 is 15.9 Å². The van der Waals surface area contributed by atoms with Crippen LogP contribution in [0.5, 0.6) is 0 Å². The third-order valence-corrected chi connectivity index (χ3v) is 5.50. The minimum atomic E-state index is -3.58. The van der Waals surface area contributed by atoms with Gasteiger partial charge in [0.15, 0.2) is 5.03 Å². The van der Waals surface area contributed by atoms with Crippen LogP contribution >= 0.6 is 0 Å². The van der Waals surface area contributed by atoms with Gasteiger partial charge in [-0.15, -0.1) is 0 Å². The first-order valence-electron chi connectivity index (χ1n) is 7.75. The van der Waals surface area contributed by atoms with Crippen LogP contribution in [0.25, 0.3) is 0 Å². The molecule has 1 aliphatic heterocycles. The Hall–Kier alpha value is -2.13. The Labute approximate surface area is 140 Å². The Morgan fingerprint density at radius 2 is 2.17 bits per heavy atom. The molecule has 2 aromatic rings. The van der Waals surface area contributed by atoms with Crippen LogP contribution in [-0.4, -0.2) is 48.4 Å². The number of carbonyl (C=O) groups excluding carboxylic acids is 1. The normalized spacial score (nSPS) is 16.5. The quantitative estimate of drug-likeness (QED) is 0.860. The summed E-state index contributed by atoms with van der Waals surface area (Å²) < 4.78 is 33.4. The first-order valence-corrected chi connectivity index (χ1v) is 9.23. The smallest absolute Gasteiger partial charge is 0.259 e. The molecule has 0 bridgehead atoms. The van der Waals surface area contributed by atoms with Gasteiger partial charge in [0.25, 0.3) is 15.9 Å². The molecule has 3 rings (SSSR count). The van der Waals surface area contributed by atoms with Crippen LogP contribution < -0.4 is 4.72 Å². The van der Waals surface area contributed by atoms with Gasteiger partial charge >= 0.3 is 0 Å². The topological polar surface area (TPSA) is 97.4 Å². The van der Waals surface area contributed by atoms with E-state index >= 15 is 0 Å². The van der Waals surface area contributed by atoms with E-state index in [4.69, 9.17) is 4.42 Å². The molecular formula is C15H20N4O4S. The van der Waals surface area contributed by atoms with Crippen LogP contribution in [0.1, 0.15) is 23.2 Å². The lowest BCUT2D eigenvalue weighted by Crippen LogP contribution is -2.41. The van der Waals surface area contributed by atoms with Crippen molar-refractivity contribution in [3.63, 3.8) is 0 Å². The molecule has 3 heterocycles. The lowest BCUT2D eigenvalue weighted by atomic mass is 9.97. The van der Waals surface area contributed by atoms with Crippen molar-refractivity contribution in [2.24, 2.45) is 13.0 Å². The summed E-state index contributed by atoms with van der Waals surface area (Å²) in [4.78, 5) is 17.9. The molecule has 8 nitrogen and oxygen atoms in total. The third kappa shape index (κ3) is 3.68. The minimum absolute atomic E-state index is 0.0255. The zero-order chi connectivity index (χ0) is 17.2. The number of hydrogen-bond acceptors (Lipinski definition) is 5. The van der Waals surface area contributed by atoms with E-state index in [2.05, 4.69) is 9.71 Å². The Morgan fingerprint density at radius 1 is 1.42 bits per heavy atom. The van der Waals surface area contributed by atoms with Crippen LogP contribution in [-0.2, 0) is 17.1 Å². The first-order chi connectivity index (χ1) is 11.5. The molecule has 1 aliphatic rings. The third-order valence-electron chi connectivity index (χ3n) is 4.19. The molecule has 0 spiro atoms. The SMILES string of the molecule is Cn1cnc(S(=O)(=O)NCC2CCN(C(=O)c3ccoc3)CC2)c1. The summed E-state index contributed by atoms with van der Waals surface area (Å²) in [5.41, 5.74) is 0.546. The average Bonchev–Trinajstić information content (AvgIpc) is 3.24. The number of imidazole rings is 1. The number of furan rings is 1. The van der Waals surface area contributed by atoms with E-state index in [1.807, 2.05) is 0 Å². The summed E-state index contributed by atoms with van der Waals surface area (Å²) in [6.07, 6.45) is 7.35. The van der Waals surface area contributed by atoms with Crippen molar-refractivity contribution in [2.45, 2.75) is 17.9 Å². The van der Waals surface area contributed by atoms with E-state index in [0.717, 1.165) is 12.8 Å². The number of hydrogen-bond donors (Lipinski definition) is 1. The fraction of sp³-hybridized carbons (Fsp3) is 0.467. The molecule has 1 amide bonds. The highest BCUT2D eigenvalue weighted by Gasteiger charge is 2.26. The number of amides is 1. The zero-order valence-corrected chi connectivity index (χ0v) is 14.2. The number of rotatable bonds is 5. The molecule has 0 aliphatic carbocycles. The van der Waals surface area contributed by atoms with Crippen molar-refractivity contribution in [1.29, 1.82) is 0 Å². The van der Waals surface area contributed by atoms with E-state index in [0.29, 0.717) is 25.2 Å². The fourth-order valence-corrected chi connectivity index (χ4v) is 3.83. The molecule has 1 N–H and O–H groups in total. The van der Waals surface area contributed by atoms with Gasteiger partial charge in [0.1, 0.15) is 6.26 Å². The van der Waals surface area contributed by atoms with Gasteiger partial charge in [0, 0.05) is 32.9 Å². The van der Waals surface area contributed by atoms with Gasteiger partial charge in [0.2, 0.25) is 0 Å². The maximum atomic E-state index is 12.2. The van der Waals surface area contributed by atoms with Gasteiger partial charge in [0.05, 0.1) is 18.2 Å². The van der Waals surface area contributed by atoms with E-state index in [-0.39, 0.29) is 16.9 Å². The van der Waals surface area contributed by atoms with E-state index in [1.165, 1.54) is 25.1 Å². The van der Waals surface area contributed by atoms with Crippen molar-refractivity contribution < 1.29 is 17.6 Å². The fourth-order valence-electron chi connectivity index (χ4n) is 2.74. The second-order valence-corrected chi connectivity index (χ2v) is 7.69. The largest absolute Gasteiger partial charge is 0.472 e. The molecule has 24 heavy (non-hydrogen) atoms. The Bertz CT molecular complexity index is 789. The van der Waals surface area contributed by atoms with Crippen LogP contribution in [0.4, 0.5) is 0 Å². The molecule has 2 aromatic heterocycles.